The molecule has 26 bridgehead atoms. The van der Waals surface area contributed by atoms with E-state index in [1.807, 2.05) is 0 Å². The minimum absolute atomic E-state index is 0. The number of allylic oxidation sites excluding steroid dienone is 24. The quantitative estimate of drug-likeness (QED) is 0.168. The maximum Gasteiger partial charge on any atom is -0.00952 e. The summed E-state index contributed by atoms with van der Waals surface area (Å²) in [7, 11) is 0. The second-order valence-corrected chi connectivity index (χ2v) is 67.8. The minimum atomic E-state index is 0. The Morgan fingerprint density at radius 2 is 0.412 bits per heavy atom. The molecule has 0 spiro atoms. The molecule has 57 unspecified atom stereocenters. The molecule has 0 N–H and O–H groups in total. The van der Waals surface area contributed by atoms with Crippen molar-refractivity contribution in [2.24, 2.45) is 408 Å². The molecule has 20 fully saturated rings. The monoisotopic (exact) mass is 2010 g/mol. The van der Waals surface area contributed by atoms with Gasteiger partial charge in [-0.15, -0.1) is 0 Å². The number of fused-ring (bicyclic) bond motifs is 62. The molecule has 20 saturated carbocycles. The first-order valence-corrected chi connectivity index (χ1v) is 63.4. The highest BCUT2D eigenvalue weighted by Crippen LogP contribution is 2.88. The van der Waals surface area contributed by atoms with E-state index in [4.69, 9.17) is 0 Å². The average molecular weight is 2010 g/mol. The summed E-state index contributed by atoms with van der Waals surface area (Å²) in [5.41, 5.74) is 10.7. The Balaban J connectivity index is 0.000000102. The molecule has 0 aromatic rings. The van der Waals surface area contributed by atoms with Gasteiger partial charge in [0.05, 0.1) is 0 Å². The van der Waals surface area contributed by atoms with Crippen LogP contribution in [0, 0.1) is 408 Å². The summed E-state index contributed by atoms with van der Waals surface area (Å²) in [6, 6.07) is 0. The lowest BCUT2D eigenvalue weighted by Crippen LogP contribution is -2.50. The van der Waals surface area contributed by atoms with Crippen LogP contribution in [0.4, 0.5) is 0 Å². The SMILES string of the molecule is C.C.C.C.CC1(C)C2C=CC1C1CC=CCC12.CC1(C)C2C=CC1C1CCC=CC12.CC1(C)C2C=CC1C1CCCC12.CC1(C)C2C=CC1C1CCCCC12.CC1=C(C)C2C(C1C)C1C=CC2C1(C)C.CC1C(C)C2C3C(C1C2(C)C)C1C2C(C4C=CC2C4(C)C)C3C1(C)C.CC1C(C)C2C3C(C4C=CC3C4(C)C)C1C2(C)C.CC1C(C)C2C=CC1C2(C)C.CC1C2C(C(C)C3C1C1C(C)C(C)C3C1(C)C)C1C=CC2C1(C)C. The molecule has 32 rings (SSSR count). The lowest BCUT2D eigenvalue weighted by molar-refractivity contribution is -0.0650. The molecule has 0 heterocycles. The van der Waals surface area contributed by atoms with E-state index in [0.717, 1.165) is 337 Å². The van der Waals surface area contributed by atoms with Gasteiger partial charge < -0.3 is 0 Å². The molecule has 0 aliphatic heterocycles. The fourth-order valence-corrected chi connectivity index (χ4v) is 54.2. The summed E-state index contributed by atoms with van der Waals surface area (Å²) in [6.07, 6.45) is 71.3. The Labute approximate surface area is 916 Å². The van der Waals surface area contributed by atoms with E-state index in [0.29, 0.717) is 70.4 Å². The van der Waals surface area contributed by atoms with Crippen LogP contribution < -0.4 is 0 Å². The van der Waals surface area contributed by atoms with E-state index in [2.05, 4.69) is 404 Å². The molecular weight excluding hydrogens is 1780 g/mol. The van der Waals surface area contributed by atoms with Crippen molar-refractivity contribution in [1.29, 1.82) is 0 Å². The molecule has 0 amide bonds. The van der Waals surface area contributed by atoms with Crippen LogP contribution in [0.5, 0.6) is 0 Å². The van der Waals surface area contributed by atoms with Crippen molar-refractivity contribution < 1.29 is 0 Å². The minimum Gasteiger partial charge on any atom is -0.0882 e. The Hall–Kier alpha value is -3.12. The van der Waals surface area contributed by atoms with E-state index in [1.54, 1.807) is 11.1 Å². The highest BCUT2D eigenvalue weighted by atomic mass is 14.9. The summed E-state index contributed by atoms with van der Waals surface area (Å²) in [5.74, 6) is 53.4. The van der Waals surface area contributed by atoms with Crippen LogP contribution in [-0.4, -0.2) is 0 Å². The smallest absolute Gasteiger partial charge is 0.00952 e. The molecule has 32 aliphatic rings. The molecule has 0 heteroatoms. The van der Waals surface area contributed by atoms with E-state index in [9.17, 15) is 0 Å². The maximum atomic E-state index is 2.69. The van der Waals surface area contributed by atoms with E-state index in [-0.39, 0.29) is 29.7 Å². The first-order chi connectivity index (χ1) is 67.3. The van der Waals surface area contributed by atoms with Crippen molar-refractivity contribution in [2.75, 3.05) is 0 Å². The molecule has 0 aromatic carbocycles. The zero-order valence-electron chi connectivity index (χ0n) is 99.9. The Morgan fingerprint density at radius 1 is 0.176 bits per heavy atom. The van der Waals surface area contributed by atoms with Crippen LogP contribution in [-0.2, 0) is 0 Å². The third-order valence-corrected chi connectivity index (χ3v) is 60.0. The third kappa shape index (κ3) is 14.3. The van der Waals surface area contributed by atoms with Crippen LogP contribution in [0.3, 0.4) is 0 Å². The molecule has 826 valence electrons. The summed E-state index contributed by atoms with van der Waals surface area (Å²) in [4.78, 5) is 0. The summed E-state index contributed by atoms with van der Waals surface area (Å²) in [5, 5.41) is 0. The van der Waals surface area contributed by atoms with E-state index < -0.39 is 0 Å². The topological polar surface area (TPSA) is 0 Å². The van der Waals surface area contributed by atoms with Gasteiger partial charge in [0.15, 0.2) is 0 Å². The summed E-state index contributed by atoms with van der Waals surface area (Å²) < 4.78 is 0. The van der Waals surface area contributed by atoms with Gasteiger partial charge in [-0.1, -0.05) is 450 Å². The summed E-state index contributed by atoms with van der Waals surface area (Å²) >= 11 is 0. The van der Waals surface area contributed by atoms with Gasteiger partial charge in [-0.25, -0.2) is 0 Å². The van der Waals surface area contributed by atoms with E-state index >= 15 is 0 Å². The predicted octanol–water partition coefficient (Wildman–Crippen LogP) is 40.3. The Bertz CT molecular complexity index is 5110. The maximum absolute atomic E-state index is 2.69. The standard InChI is InChI=1S/C25H38.C24H38.C18H28.C15H22.C13H20.2C13H18.C12H18.C11H18.4CH4/c1-11-12(2)20-18-17(19(11)24(20,5)6)21-15-13-9-10-14(23(13,3)4)16(15)22(18)25(21,7)8;1-11-12(2)22-20-14(4)18-16-10-9-15(23(16,5)6)17(18)13(3)19(20)21(11)24(22,7)8;1-9-10(2)16-14-12-8-7-11(17(12,3)4)13(14)15(9)18(16,5)6;1-8-9(2)13-11-6-7-12(15(11,4)5)14(13)10(8)3;3*1-13(2)11-7-8-12(13)10-6-4-3-5-9(10)11;1-12(2)10-6-7-11(12)9-5-3-4-8(9)10;1-7-8(2)10-6-5-9(7)11(10,3)4;;;;/h9-22H,1-8H3;9-22H,1-8H3;7-16H,1-6H3;6-7,9,11-14H,1-5H3;7-12H,3-6H2,1-2H3;3,5,7-12H,4,6H2,1-2H3;3-4,7-12H,5-6H2,1-2H3;6-11H,3-5H2,1-2H3;5-10H,1-4H3;4*1H4. The number of rotatable bonds is 0. The molecule has 0 saturated heterocycles. The van der Waals surface area contributed by atoms with Gasteiger partial charge in [0, 0.05) is 0 Å². The largest absolute Gasteiger partial charge is 0.0882 e. The average Bonchev–Trinajstić information content (AvgIpc) is 1.45. The molecule has 57 atom stereocenters. The number of hydrogen-bond donors (Lipinski definition) is 0. The fourth-order valence-electron chi connectivity index (χ4n) is 54.2. The molecule has 0 radical (unpaired) electrons. The number of hydrogen-bond acceptors (Lipinski definition) is 0. The Kier molecular flexibility index (Phi) is 27.3. The van der Waals surface area contributed by atoms with Crippen molar-refractivity contribution in [1.82, 2.24) is 0 Å². The van der Waals surface area contributed by atoms with Gasteiger partial charge in [0.2, 0.25) is 0 Å². The fraction of sp³-hybridized carbons (Fsp3) is 0.838. The highest BCUT2D eigenvalue weighted by molar-refractivity contribution is 5.40. The van der Waals surface area contributed by atoms with Crippen molar-refractivity contribution in [3.63, 3.8) is 0 Å². The van der Waals surface area contributed by atoms with Gasteiger partial charge in [-0.3, -0.25) is 0 Å². The van der Waals surface area contributed by atoms with Gasteiger partial charge in [0.25, 0.3) is 0 Å². The van der Waals surface area contributed by atoms with Gasteiger partial charge in [-0.2, -0.15) is 0 Å². The lowest BCUT2D eigenvalue weighted by atomic mass is 9.50. The van der Waals surface area contributed by atoms with Gasteiger partial charge in [-0.05, 0) is 473 Å². The summed E-state index contributed by atoms with van der Waals surface area (Å²) in [6.45, 7) is 98.8. The second-order valence-electron chi connectivity index (χ2n) is 67.8. The normalized spacial score (nSPS) is 55.5. The zero-order valence-corrected chi connectivity index (χ0v) is 99.9. The van der Waals surface area contributed by atoms with Crippen molar-refractivity contribution >= 4 is 0 Å². The molecule has 32 aliphatic carbocycles. The lowest BCUT2D eigenvalue weighted by Gasteiger charge is -2.55. The first kappa shape index (κ1) is 112. The Morgan fingerprint density at radius 3 is 0.736 bits per heavy atom. The first-order valence-electron chi connectivity index (χ1n) is 63.4. The zero-order chi connectivity index (χ0) is 103. The molecule has 0 nitrogen and oxygen atoms in total. The highest BCUT2D eigenvalue weighted by Gasteiger charge is 2.84. The van der Waals surface area contributed by atoms with Crippen molar-refractivity contribution in [2.45, 2.75) is 370 Å². The van der Waals surface area contributed by atoms with Crippen molar-refractivity contribution in [3.8, 4) is 0 Å². The van der Waals surface area contributed by atoms with Crippen LogP contribution in [0.1, 0.15) is 370 Å². The van der Waals surface area contributed by atoms with Crippen LogP contribution in [0.15, 0.2) is 145 Å². The van der Waals surface area contributed by atoms with Gasteiger partial charge in [0.1, 0.15) is 0 Å². The van der Waals surface area contributed by atoms with Crippen LogP contribution in [0.2, 0.25) is 0 Å². The second kappa shape index (κ2) is 36.2. The molecule has 0 aromatic heterocycles. The van der Waals surface area contributed by atoms with E-state index in [1.165, 1.54) is 70.6 Å². The van der Waals surface area contributed by atoms with Gasteiger partial charge >= 0.3 is 0 Å². The molecular formula is C148H234. The van der Waals surface area contributed by atoms with Crippen molar-refractivity contribution in [3.05, 3.63) is 145 Å². The van der Waals surface area contributed by atoms with Crippen LogP contribution >= 0.6 is 0 Å². The molecule has 148 heavy (non-hydrogen) atoms. The van der Waals surface area contributed by atoms with Crippen LogP contribution in [0.25, 0.3) is 0 Å². The predicted molar refractivity (Wildman–Crippen MR) is 637 cm³/mol. The third-order valence-electron chi connectivity index (χ3n) is 60.0.